The third-order valence-electron chi connectivity index (χ3n) is 1.43. The molecule has 0 heterocycles. The zero-order valence-electron chi connectivity index (χ0n) is 8.90. The van der Waals surface area contributed by atoms with E-state index in [4.69, 9.17) is 10.2 Å². The molecular formula is C8H18N2O4S. The average molecular weight is 238 g/mol. The Morgan fingerprint density at radius 2 is 1.93 bits per heavy atom. The number of rotatable bonds is 6. The SMILES string of the molecule is CN[C@@H](CCSC)C(=O)O.NCC(=O)O. The lowest BCUT2D eigenvalue weighted by Gasteiger charge is -2.08. The summed E-state index contributed by atoms with van der Waals surface area (Å²) in [5, 5.41) is 18.8. The molecule has 0 unspecified atom stereocenters. The van der Waals surface area contributed by atoms with Gasteiger partial charge in [-0.05, 0) is 25.5 Å². The Morgan fingerprint density at radius 1 is 1.47 bits per heavy atom. The van der Waals surface area contributed by atoms with E-state index >= 15 is 0 Å². The Balaban J connectivity index is 0. The summed E-state index contributed by atoms with van der Waals surface area (Å²) in [6.07, 6.45) is 2.65. The van der Waals surface area contributed by atoms with E-state index in [0.29, 0.717) is 6.42 Å². The lowest BCUT2D eigenvalue weighted by molar-refractivity contribution is -0.139. The molecule has 0 aliphatic carbocycles. The smallest absolute Gasteiger partial charge is 0.320 e. The van der Waals surface area contributed by atoms with Gasteiger partial charge in [0.25, 0.3) is 0 Å². The fraction of sp³-hybridized carbons (Fsp3) is 0.750. The van der Waals surface area contributed by atoms with Crippen LogP contribution in [0.25, 0.3) is 0 Å². The van der Waals surface area contributed by atoms with Crippen LogP contribution in [-0.2, 0) is 9.59 Å². The van der Waals surface area contributed by atoms with E-state index in [2.05, 4.69) is 11.1 Å². The molecule has 7 heteroatoms. The van der Waals surface area contributed by atoms with Gasteiger partial charge in [-0.3, -0.25) is 9.59 Å². The highest BCUT2D eigenvalue weighted by Crippen LogP contribution is 1.99. The molecule has 6 nitrogen and oxygen atoms in total. The van der Waals surface area contributed by atoms with Crippen LogP contribution >= 0.6 is 11.8 Å². The molecule has 0 radical (unpaired) electrons. The van der Waals surface area contributed by atoms with Crippen LogP contribution in [0.2, 0.25) is 0 Å². The summed E-state index contributed by atoms with van der Waals surface area (Å²) in [4.78, 5) is 19.6. The molecule has 0 aliphatic heterocycles. The molecule has 90 valence electrons. The molecule has 5 N–H and O–H groups in total. The van der Waals surface area contributed by atoms with Gasteiger partial charge >= 0.3 is 11.9 Å². The second-order valence-electron chi connectivity index (χ2n) is 2.56. The van der Waals surface area contributed by atoms with Crippen molar-refractivity contribution < 1.29 is 19.8 Å². The first-order valence-electron chi connectivity index (χ1n) is 4.30. The number of thioether (sulfide) groups is 1. The minimum atomic E-state index is -0.968. The fourth-order valence-corrected chi connectivity index (χ4v) is 1.10. The Kier molecular flexibility index (Phi) is 12.5. The second kappa shape index (κ2) is 11.3. The highest BCUT2D eigenvalue weighted by atomic mass is 32.2. The van der Waals surface area contributed by atoms with Crippen LogP contribution in [0.15, 0.2) is 0 Å². The van der Waals surface area contributed by atoms with E-state index in [0.717, 1.165) is 5.75 Å². The zero-order valence-corrected chi connectivity index (χ0v) is 9.71. The predicted molar refractivity (Wildman–Crippen MR) is 60.2 cm³/mol. The third-order valence-corrected chi connectivity index (χ3v) is 2.08. The Morgan fingerprint density at radius 3 is 2.13 bits per heavy atom. The number of hydrogen-bond acceptors (Lipinski definition) is 5. The van der Waals surface area contributed by atoms with Gasteiger partial charge in [0.2, 0.25) is 0 Å². The maximum Gasteiger partial charge on any atom is 0.320 e. The molecular weight excluding hydrogens is 220 g/mol. The van der Waals surface area contributed by atoms with E-state index in [1.54, 1.807) is 18.8 Å². The van der Waals surface area contributed by atoms with Crippen LogP contribution in [0, 0.1) is 0 Å². The summed E-state index contributed by atoms with van der Waals surface area (Å²) in [6, 6.07) is -0.382. The topological polar surface area (TPSA) is 113 Å². The molecule has 0 aromatic rings. The molecule has 0 amide bonds. The van der Waals surface area contributed by atoms with Crippen molar-refractivity contribution in [2.45, 2.75) is 12.5 Å². The summed E-state index contributed by atoms with van der Waals surface area (Å²) in [5.74, 6) is -0.848. The van der Waals surface area contributed by atoms with Gasteiger partial charge in [0.15, 0.2) is 0 Å². The molecule has 0 rings (SSSR count). The Labute approximate surface area is 93.2 Å². The lowest BCUT2D eigenvalue weighted by Crippen LogP contribution is -2.34. The molecule has 0 saturated heterocycles. The van der Waals surface area contributed by atoms with Crippen molar-refractivity contribution in [2.24, 2.45) is 5.73 Å². The summed E-state index contributed by atoms with van der Waals surface area (Å²) in [6.45, 7) is -0.278. The van der Waals surface area contributed by atoms with Crippen LogP contribution in [0.4, 0.5) is 0 Å². The van der Waals surface area contributed by atoms with Gasteiger partial charge in [0.1, 0.15) is 6.04 Å². The van der Waals surface area contributed by atoms with Crippen LogP contribution in [0.5, 0.6) is 0 Å². The van der Waals surface area contributed by atoms with Crippen molar-refractivity contribution in [3.05, 3.63) is 0 Å². The molecule has 0 bridgehead atoms. The molecule has 0 aromatic heterocycles. The number of nitrogens with two attached hydrogens (primary N) is 1. The maximum atomic E-state index is 10.4. The third kappa shape index (κ3) is 13.2. The molecule has 0 saturated carbocycles. The van der Waals surface area contributed by atoms with Crippen molar-refractivity contribution in [3.63, 3.8) is 0 Å². The summed E-state index contributed by atoms with van der Waals surface area (Å²) in [7, 11) is 1.67. The lowest BCUT2D eigenvalue weighted by atomic mass is 10.2. The van der Waals surface area contributed by atoms with Crippen LogP contribution in [0.1, 0.15) is 6.42 Å². The first-order valence-corrected chi connectivity index (χ1v) is 5.69. The minimum Gasteiger partial charge on any atom is -0.480 e. The van der Waals surface area contributed by atoms with Crippen LogP contribution in [0.3, 0.4) is 0 Å². The number of carbonyl (C=O) groups is 2. The summed E-state index contributed by atoms with van der Waals surface area (Å²) < 4.78 is 0. The molecule has 0 spiro atoms. The first kappa shape index (κ1) is 16.6. The Hall–Kier alpha value is -0.790. The molecule has 1 atom stereocenters. The van der Waals surface area contributed by atoms with Gasteiger partial charge in [0, 0.05) is 0 Å². The van der Waals surface area contributed by atoms with Crippen LogP contribution in [-0.4, -0.2) is 53.8 Å². The first-order chi connectivity index (χ1) is 6.99. The fourth-order valence-electron chi connectivity index (χ4n) is 0.627. The monoisotopic (exact) mass is 238 g/mol. The number of hydrogen-bond donors (Lipinski definition) is 4. The quantitative estimate of drug-likeness (QED) is 0.490. The van der Waals surface area contributed by atoms with Crippen molar-refractivity contribution >= 4 is 23.7 Å². The number of likely N-dealkylation sites (N-methyl/N-ethyl adjacent to an activating group) is 1. The number of carboxylic acid groups (broad SMARTS) is 2. The standard InChI is InChI=1S/C6H13NO2S.C2H5NO2/c1-7-5(6(8)9)3-4-10-2;3-1-2(4)5/h5,7H,3-4H2,1-2H3,(H,8,9);1,3H2,(H,4,5)/t5-;/m0./s1. The van der Waals surface area contributed by atoms with Gasteiger partial charge in [-0.15, -0.1) is 0 Å². The van der Waals surface area contributed by atoms with Gasteiger partial charge in [0.05, 0.1) is 6.54 Å². The van der Waals surface area contributed by atoms with Crippen molar-refractivity contribution in [3.8, 4) is 0 Å². The van der Waals surface area contributed by atoms with E-state index in [-0.39, 0.29) is 12.6 Å². The number of aliphatic carboxylic acids is 2. The van der Waals surface area contributed by atoms with Gasteiger partial charge in [-0.25, -0.2) is 0 Å². The van der Waals surface area contributed by atoms with E-state index in [1.165, 1.54) is 0 Å². The number of carboxylic acids is 2. The van der Waals surface area contributed by atoms with Gasteiger partial charge < -0.3 is 21.3 Å². The van der Waals surface area contributed by atoms with Crippen molar-refractivity contribution in [2.75, 3.05) is 25.6 Å². The maximum absolute atomic E-state index is 10.4. The average Bonchev–Trinajstić information content (AvgIpc) is 2.19. The van der Waals surface area contributed by atoms with Gasteiger partial charge in [-0.1, -0.05) is 0 Å². The Bertz CT molecular complexity index is 189. The summed E-state index contributed by atoms with van der Waals surface area (Å²) in [5.41, 5.74) is 4.57. The van der Waals surface area contributed by atoms with Gasteiger partial charge in [-0.2, -0.15) is 11.8 Å². The predicted octanol–water partition coefficient (Wildman–Crippen LogP) is -0.558. The second-order valence-corrected chi connectivity index (χ2v) is 3.54. The van der Waals surface area contributed by atoms with E-state index < -0.39 is 11.9 Å². The minimum absolute atomic E-state index is 0.278. The van der Waals surface area contributed by atoms with Crippen LogP contribution < -0.4 is 11.1 Å². The highest BCUT2D eigenvalue weighted by Gasteiger charge is 2.12. The largest absolute Gasteiger partial charge is 0.480 e. The zero-order chi connectivity index (χ0) is 12.3. The summed E-state index contributed by atoms with van der Waals surface area (Å²) >= 11 is 1.66. The molecule has 0 aliphatic rings. The van der Waals surface area contributed by atoms with Crippen molar-refractivity contribution in [1.29, 1.82) is 0 Å². The normalized spacial score (nSPS) is 11.1. The van der Waals surface area contributed by atoms with E-state index in [9.17, 15) is 9.59 Å². The van der Waals surface area contributed by atoms with E-state index in [1.807, 2.05) is 6.26 Å². The molecule has 0 aromatic carbocycles. The highest BCUT2D eigenvalue weighted by molar-refractivity contribution is 7.98. The van der Waals surface area contributed by atoms with Crippen molar-refractivity contribution in [1.82, 2.24) is 5.32 Å². The molecule has 0 fully saturated rings. The molecule has 15 heavy (non-hydrogen) atoms. The number of nitrogens with one attached hydrogen (secondary N) is 1.